The molecule has 104 valence electrons. The molecular formula is C15H21BrN2O. The molecule has 0 heterocycles. The first kappa shape index (κ1) is 14.5. The normalized spacial score (nSPS) is 26.5. The second kappa shape index (κ2) is 5.25. The Balaban J connectivity index is 2.20. The highest BCUT2D eigenvalue weighted by Gasteiger charge is 2.42. The minimum absolute atomic E-state index is 0.0369. The van der Waals surface area contributed by atoms with Crippen molar-refractivity contribution in [2.75, 3.05) is 5.32 Å². The highest BCUT2D eigenvalue weighted by molar-refractivity contribution is 9.10. The van der Waals surface area contributed by atoms with E-state index in [0.29, 0.717) is 0 Å². The van der Waals surface area contributed by atoms with Gasteiger partial charge in [0.15, 0.2) is 0 Å². The molecule has 1 fully saturated rings. The van der Waals surface area contributed by atoms with Crippen LogP contribution in [0.25, 0.3) is 0 Å². The van der Waals surface area contributed by atoms with Crippen LogP contribution >= 0.6 is 15.9 Å². The SMILES string of the molecule is Cc1cc(NC(=O)C2(C)CCCC2N)cc(C)c1Br. The number of hydrogen-bond acceptors (Lipinski definition) is 2. The lowest BCUT2D eigenvalue weighted by molar-refractivity contribution is -0.125. The van der Waals surface area contributed by atoms with Gasteiger partial charge in [-0.3, -0.25) is 4.79 Å². The van der Waals surface area contributed by atoms with E-state index in [4.69, 9.17) is 5.73 Å². The van der Waals surface area contributed by atoms with Gasteiger partial charge < -0.3 is 11.1 Å². The van der Waals surface area contributed by atoms with Crippen molar-refractivity contribution in [1.82, 2.24) is 0 Å². The van der Waals surface area contributed by atoms with Gasteiger partial charge in [-0.25, -0.2) is 0 Å². The van der Waals surface area contributed by atoms with Crippen molar-refractivity contribution in [3.63, 3.8) is 0 Å². The minimum atomic E-state index is -0.436. The summed E-state index contributed by atoms with van der Waals surface area (Å²) in [5.74, 6) is 0.0404. The summed E-state index contributed by atoms with van der Waals surface area (Å²) in [7, 11) is 0. The molecule has 1 amide bonds. The molecular weight excluding hydrogens is 304 g/mol. The average Bonchev–Trinajstić information content (AvgIpc) is 2.68. The van der Waals surface area contributed by atoms with Crippen molar-refractivity contribution >= 4 is 27.5 Å². The summed E-state index contributed by atoms with van der Waals surface area (Å²) in [6.07, 6.45) is 2.83. The molecule has 19 heavy (non-hydrogen) atoms. The summed E-state index contributed by atoms with van der Waals surface area (Å²) in [4.78, 5) is 12.5. The van der Waals surface area contributed by atoms with Gasteiger partial charge in [0.1, 0.15) is 0 Å². The first-order valence-electron chi connectivity index (χ1n) is 6.68. The molecule has 0 aromatic heterocycles. The van der Waals surface area contributed by atoms with Crippen LogP contribution < -0.4 is 11.1 Å². The van der Waals surface area contributed by atoms with Gasteiger partial charge in [0.25, 0.3) is 0 Å². The smallest absolute Gasteiger partial charge is 0.231 e. The van der Waals surface area contributed by atoms with Crippen LogP contribution in [0.4, 0.5) is 5.69 Å². The third-order valence-electron chi connectivity index (χ3n) is 4.24. The van der Waals surface area contributed by atoms with Crippen molar-refractivity contribution < 1.29 is 4.79 Å². The van der Waals surface area contributed by atoms with Crippen molar-refractivity contribution in [1.29, 1.82) is 0 Å². The lowest BCUT2D eigenvalue weighted by Gasteiger charge is -2.27. The van der Waals surface area contributed by atoms with Crippen LogP contribution in [-0.2, 0) is 4.79 Å². The van der Waals surface area contributed by atoms with E-state index in [9.17, 15) is 4.79 Å². The van der Waals surface area contributed by atoms with Crippen molar-refractivity contribution in [3.8, 4) is 0 Å². The summed E-state index contributed by atoms with van der Waals surface area (Å²) in [6.45, 7) is 6.02. The Morgan fingerprint density at radius 1 is 1.42 bits per heavy atom. The van der Waals surface area contributed by atoms with Crippen LogP contribution in [-0.4, -0.2) is 11.9 Å². The molecule has 3 N–H and O–H groups in total. The number of halogens is 1. The third-order valence-corrected chi connectivity index (χ3v) is 5.49. The molecule has 3 nitrogen and oxygen atoms in total. The van der Waals surface area contributed by atoms with E-state index < -0.39 is 5.41 Å². The highest BCUT2D eigenvalue weighted by Crippen LogP contribution is 2.38. The van der Waals surface area contributed by atoms with E-state index >= 15 is 0 Å². The number of amides is 1. The van der Waals surface area contributed by atoms with Crippen LogP contribution in [0.5, 0.6) is 0 Å². The quantitative estimate of drug-likeness (QED) is 0.874. The number of aryl methyl sites for hydroxylation is 2. The van der Waals surface area contributed by atoms with Gasteiger partial charge in [0, 0.05) is 16.2 Å². The molecule has 0 bridgehead atoms. The Hall–Kier alpha value is -0.870. The maximum atomic E-state index is 12.5. The summed E-state index contributed by atoms with van der Waals surface area (Å²) >= 11 is 3.53. The number of nitrogens with one attached hydrogen (secondary N) is 1. The van der Waals surface area contributed by atoms with Crippen LogP contribution in [0.15, 0.2) is 16.6 Å². The second-order valence-electron chi connectivity index (χ2n) is 5.79. The topological polar surface area (TPSA) is 55.1 Å². The van der Waals surface area contributed by atoms with Crippen LogP contribution in [0.2, 0.25) is 0 Å². The van der Waals surface area contributed by atoms with Crippen molar-refractivity contribution in [2.45, 2.75) is 46.1 Å². The molecule has 0 aliphatic heterocycles. The number of carbonyl (C=O) groups excluding carboxylic acids is 1. The molecule has 2 rings (SSSR count). The first-order chi connectivity index (χ1) is 8.84. The number of carbonyl (C=O) groups is 1. The summed E-state index contributed by atoms with van der Waals surface area (Å²) in [5, 5.41) is 3.02. The molecule has 1 aromatic carbocycles. The standard InChI is InChI=1S/C15H21BrN2O/c1-9-7-11(8-10(2)13(9)16)18-14(19)15(3)6-4-5-12(15)17/h7-8,12H,4-6,17H2,1-3H3,(H,18,19). The van der Waals surface area contributed by atoms with Gasteiger partial charge in [0.05, 0.1) is 5.41 Å². The van der Waals surface area contributed by atoms with E-state index in [0.717, 1.165) is 40.5 Å². The van der Waals surface area contributed by atoms with Gasteiger partial charge in [-0.05, 0) is 56.9 Å². The Bertz CT molecular complexity index is 492. The van der Waals surface area contributed by atoms with E-state index in [1.807, 2.05) is 32.9 Å². The Labute approximate surface area is 123 Å². The van der Waals surface area contributed by atoms with Gasteiger partial charge >= 0.3 is 0 Å². The largest absolute Gasteiger partial charge is 0.327 e. The monoisotopic (exact) mass is 324 g/mol. The number of nitrogens with two attached hydrogens (primary N) is 1. The predicted octanol–water partition coefficient (Wildman–Crippen LogP) is 3.52. The van der Waals surface area contributed by atoms with Crippen molar-refractivity contribution in [3.05, 3.63) is 27.7 Å². The Morgan fingerprint density at radius 3 is 2.47 bits per heavy atom. The Kier molecular flexibility index (Phi) is 4.02. The average molecular weight is 325 g/mol. The second-order valence-corrected chi connectivity index (χ2v) is 6.59. The molecule has 1 aromatic rings. The molecule has 2 unspecified atom stereocenters. The number of rotatable bonds is 2. The zero-order valence-electron chi connectivity index (χ0n) is 11.7. The van der Waals surface area contributed by atoms with Gasteiger partial charge in [-0.15, -0.1) is 0 Å². The number of anilines is 1. The number of benzene rings is 1. The molecule has 0 spiro atoms. The van der Waals surface area contributed by atoms with Crippen LogP contribution in [0.1, 0.15) is 37.3 Å². The maximum absolute atomic E-state index is 12.5. The zero-order valence-corrected chi connectivity index (χ0v) is 13.3. The molecule has 1 aliphatic rings. The van der Waals surface area contributed by atoms with Crippen molar-refractivity contribution in [2.24, 2.45) is 11.1 Å². The van der Waals surface area contributed by atoms with E-state index in [-0.39, 0.29) is 11.9 Å². The summed E-state index contributed by atoms with van der Waals surface area (Å²) in [5.41, 5.74) is 8.74. The van der Waals surface area contributed by atoms with Gasteiger partial charge in [0.2, 0.25) is 5.91 Å². The fraction of sp³-hybridized carbons (Fsp3) is 0.533. The fourth-order valence-corrected chi connectivity index (χ4v) is 3.00. The molecule has 0 radical (unpaired) electrons. The Morgan fingerprint density at radius 2 is 2.00 bits per heavy atom. The lowest BCUT2D eigenvalue weighted by atomic mass is 9.84. The summed E-state index contributed by atoms with van der Waals surface area (Å²) in [6, 6.07) is 3.93. The molecule has 1 aliphatic carbocycles. The first-order valence-corrected chi connectivity index (χ1v) is 7.47. The molecule has 4 heteroatoms. The number of hydrogen-bond donors (Lipinski definition) is 2. The maximum Gasteiger partial charge on any atom is 0.231 e. The minimum Gasteiger partial charge on any atom is -0.327 e. The van der Waals surface area contributed by atoms with E-state index in [1.165, 1.54) is 0 Å². The highest BCUT2D eigenvalue weighted by atomic mass is 79.9. The van der Waals surface area contributed by atoms with Gasteiger partial charge in [-0.2, -0.15) is 0 Å². The van der Waals surface area contributed by atoms with E-state index in [2.05, 4.69) is 21.2 Å². The summed E-state index contributed by atoms with van der Waals surface area (Å²) < 4.78 is 1.09. The van der Waals surface area contributed by atoms with Gasteiger partial charge in [-0.1, -0.05) is 22.4 Å². The van der Waals surface area contributed by atoms with E-state index in [1.54, 1.807) is 0 Å². The third kappa shape index (κ3) is 2.70. The molecule has 0 saturated heterocycles. The fourth-order valence-electron chi connectivity index (χ4n) is 2.77. The zero-order chi connectivity index (χ0) is 14.2. The van der Waals surface area contributed by atoms with Crippen LogP contribution in [0, 0.1) is 19.3 Å². The predicted molar refractivity (Wildman–Crippen MR) is 82.2 cm³/mol. The molecule has 1 saturated carbocycles. The lowest BCUT2D eigenvalue weighted by Crippen LogP contribution is -2.44. The van der Waals surface area contributed by atoms with Crippen LogP contribution in [0.3, 0.4) is 0 Å². The molecule has 2 atom stereocenters.